The molecule has 2 fully saturated rings. The maximum Gasteiger partial charge on any atom is 0.224 e. The summed E-state index contributed by atoms with van der Waals surface area (Å²) in [5.41, 5.74) is 6.68. The van der Waals surface area contributed by atoms with E-state index in [1.807, 2.05) is 0 Å². The van der Waals surface area contributed by atoms with Gasteiger partial charge in [0.25, 0.3) is 0 Å². The van der Waals surface area contributed by atoms with Gasteiger partial charge in [-0.05, 0) is 30.9 Å². The van der Waals surface area contributed by atoms with Gasteiger partial charge in [-0.1, -0.05) is 0 Å². The Bertz CT molecular complexity index is 811. The van der Waals surface area contributed by atoms with Crippen LogP contribution in [0.2, 0.25) is 5.28 Å². The molecule has 10 nitrogen and oxygen atoms in total. The number of piperidine rings is 1. The highest BCUT2D eigenvalue weighted by Gasteiger charge is 2.45. The zero-order valence-electron chi connectivity index (χ0n) is 14.0. The normalized spacial score (nSPS) is 29.6. The number of nitrogens with two attached hydrogens (primary N) is 1. The minimum Gasteiger partial charge on any atom is -0.394 e. The van der Waals surface area contributed by atoms with Crippen LogP contribution in [0.5, 0.6) is 0 Å². The van der Waals surface area contributed by atoms with Crippen molar-refractivity contribution in [2.24, 2.45) is 0 Å². The third-order valence-electron chi connectivity index (χ3n) is 4.92. The molecule has 2 aliphatic rings. The van der Waals surface area contributed by atoms with Crippen molar-refractivity contribution in [2.75, 3.05) is 30.3 Å². The van der Waals surface area contributed by atoms with E-state index in [2.05, 4.69) is 19.9 Å². The Kier molecular flexibility index (Phi) is 4.61. The molecule has 5 N–H and O–H groups in total. The SMILES string of the molecule is Nc1nc(N2CCCCC2)c2nc(Cl)n([C@@H]3O[C@@H](CO)[C@@H](O)[C@H]3O)c2n1. The number of aromatic nitrogens is 4. The van der Waals surface area contributed by atoms with Crippen molar-refractivity contribution in [1.82, 2.24) is 19.5 Å². The van der Waals surface area contributed by atoms with Gasteiger partial charge < -0.3 is 30.7 Å². The second kappa shape index (κ2) is 6.78. The molecule has 2 saturated heterocycles. The first-order chi connectivity index (χ1) is 12.5. The zero-order valence-corrected chi connectivity index (χ0v) is 14.7. The van der Waals surface area contributed by atoms with E-state index in [1.54, 1.807) is 0 Å². The summed E-state index contributed by atoms with van der Waals surface area (Å²) in [5.74, 6) is 0.655. The fourth-order valence-corrected chi connectivity index (χ4v) is 3.86. The predicted molar refractivity (Wildman–Crippen MR) is 93.8 cm³/mol. The molecule has 0 radical (unpaired) electrons. The summed E-state index contributed by atoms with van der Waals surface area (Å²) in [5, 5.41) is 29.7. The van der Waals surface area contributed by atoms with Crippen molar-refractivity contribution in [3.63, 3.8) is 0 Å². The van der Waals surface area contributed by atoms with Crippen LogP contribution in [0, 0.1) is 0 Å². The number of anilines is 2. The second-order valence-corrected chi connectivity index (χ2v) is 6.94. The lowest BCUT2D eigenvalue weighted by molar-refractivity contribution is -0.0509. The number of ether oxygens (including phenoxy) is 1. The van der Waals surface area contributed by atoms with Gasteiger partial charge in [0.1, 0.15) is 18.3 Å². The number of rotatable bonds is 3. The Morgan fingerprint density at radius 3 is 2.50 bits per heavy atom. The Hall–Kier alpha value is -1.72. The van der Waals surface area contributed by atoms with E-state index in [1.165, 1.54) is 4.57 Å². The predicted octanol–water partition coefficient (Wildman–Crippen LogP) is -0.336. The van der Waals surface area contributed by atoms with Crippen molar-refractivity contribution >= 4 is 34.5 Å². The van der Waals surface area contributed by atoms with Gasteiger partial charge in [-0.2, -0.15) is 9.97 Å². The lowest BCUT2D eigenvalue weighted by Gasteiger charge is -2.27. The average molecular weight is 385 g/mol. The van der Waals surface area contributed by atoms with E-state index >= 15 is 0 Å². The van der Waals surface area contributed by atoms with Crippen LogP contribution in [0.4, 0.5) is 11.8 Å². The van der Waals surface area contributed by atoms with Crippen molar-refractivity contribution in [1.29, 1.82) is 0 Å². The quantitative estimate of drug-likeness (QED) is 0.522. The average Bonchev–Trinajstić information content (AvgIpc) is 3.11. The molecule has 4 heterocycles. The Labute approximate surface area is 154 Å². The van der Waals surface area contributed by atoms with Gasteiger partial charge >= 0.3 is 0 Å². The topological polar surface area (TPSA) is 143 Å². The van der Waals surface area contributed by atoms with Crippen LogP contribution in [0.1, 0.15) is 25.5 Å². The van der Waals surface area contributed by atoms with Gasteiger partial charge in [-0.3, -0.25) is 4.57 Å². The number of hydrogen-bond donors (Lipinski definition) is 4. The first kappa shape index (κ1) is 17.7. The van der Waals surface area contributed by atoms with Crippen LogP contribution in [0.3, 0.4) is 0 Å². The van der Waals surface area contributed by atoms with E-state index in [0.717, 1.165) is 32.4 Å². The number of fused-ring (bicyclic) bond motifs is 1. The second-order valence-electron chi connectivity index (χ2n) is 6.61. The van der Waals surface area contributed by atoms with Gasteiger partial charge in [-0.25, -0.2) is 4.98 Å². The third-order valence-corrected chi connectivity index (χ3v) is 5.19. The molecule has 11 heteroatoms. The van der Waals surface area contributed by atoms with E-state index in [0.29, 0.717) is 17.0 Å². The highest BCUT2D eigenvalue weighted by Crippen LogP contribution is 2.36. The monoisotopic (exact) mass is 384 g/mol. The molecule has 0 amide bonds. The molecular formula is C15H21ClN6O4. The molecule has 4 rings (SSSR count). The summed E-state index contributed by atoms with van der Waals surface area (Å²) in [7, 11) is 0. The summed E-state index contributed by atoms with van der Waals surface area (Å²) in [6, 6.07) is 0. The maximum atomic E-state index is 10.3. The highest BCUT2D eigenvalue weighted by molar-refractivity contribution is 6.29. The molecule has 0 saturated carbocycles. The van der Waals surface area contributed by atoms with Crippen molar-refractivity contribution in [2.45, 2.75) is 43.8 Å². The summed E-state index contributed by atoms with van der Waals surface area (Å²) in [4.78, 5) is 15.0. The fraction of sp³-hybridized carbons (Fsp3) is 0.667. The van der Waals surface area contributed by atoms with Crippen LogP contribution in [-0.2, 0) is 4.74 Å². The van der Waals surface area contributed by atoms with Crippen LogP contribution in [0.25, 0.3) is 11.2 Å². The summed E-state index contributed by atoms with van der Waals surface area (Å²) in [6.45, 7) is 1.24. The van der Waals surface area contributed by atoms with Gasteiger partial charge in [0.15, 0.2) is 23.2 Å². The molecule has 4 atom stereocenters. The van der Waals surface area contributed by atoms with Gasteiger partial charge in [0, 0.05) is 13.1 Å². The Balaban J connectivity index is 1.81. The molecular weight excluding hydrogens is 364 g/mol. The molecule has 0 bridgehead atoms. The Morgan fingerprint density at radius 2 is 1.85 bits per heavy atom. The Morgan fingerprint density at radius 1 is 1.12 bits per heavy atom. The summed E-state index contributed by atoms with van der Waals surface area (Å²) in [6.07, 6.45) is -1.25. The standard InChI is InChI=1S/C15H21ClN6O4/c16-14-18-8-11(21-4-2-1-3-5-21)19-15(17)20-12(8)22(14)13-10(25)9(24)7(6-23)26-13/h7,9-10,13,23-25H,1-6H2,(H2,17,19,20)/t7-,9+,10+,13+/m0/s1. The van der Waals surface area contributed by atoms with E-state index in [-0.39, 0.29) is 11.2 Å². The molecule has 0 aliphatic carbocycles. The van der Waals surface area contributed by atoms with Crippen molar-refractivity contribution in [3.05, 3.63) is 5.28 Å². The van der Waals surface area contributed by atoms with E-state index < -0.39 is 31.1 Å². The minimum atomic E-state index is -1.29. The van der Waals surface area contributed by atoms with Crippen LogP contribution >= 0.6 is 11.6 Å². The van der Waals surface area contributed by atoms with Crippen LogP contribution in [-0.4, -0.2) is 72.8 Å². The molecule has 2 aliphatic heterocycles. The largest absolute Gasteiger partial charge is 0.394 e. The number of hydrogen-bond acceptors (Lipinski definition) is 9. The third kappa shape index (κ3) is 2.78. The fourth-order valence-electron chi connectivity index (χ4n) is 3.59. The molecule has 0 unspecified atom stereocenters. The number of halogens is 1. The van der Waals surface area contributed by atoms with Gasteiger partial charge in [-0.15, -0.1) is 0 Å². The summed E-state index contributed by atoms with van der Waals surface area (Å²) < 4.78 is 6.95. The summed E-state index contributed by atoms with van der Waals surface area (Å²) >= 11 is 6.30. The van der Waals surface area contributed by atoms with Gasteiger partial charge in [0.05, 0.1) is 6.61 Å². The maximum absolute atomic E-state index is 10.3. The number of imidazole rings is 1. The van der Waals surface area contributed by atoms with E-state index in [4.69, 9.17) is 22.1 Å². The lowest BCUT2D eigenvalue weighted by Crippen LogP contribution is -2.33. The number of nitrogen functional groups attached to an aromatic ring is 1. The molecule has 0 aromatic carbocycles. The number of aliphatic hydroxyl groups is 3. The minimum absolute atomic E-state index is 0.0352. The molecule has 2 aromatic rings. The van der Waals surface area contributed by atoms with Crippen LogP contribution in [0.15, 0.2) is 0 Å². The molecule has 142 valence electrons. The van der Waals surface area contributed by atoms with Crippen molar-refractivity contribution < 1.29 is 20.1 Å². The smallest absolute Gasteiger partial charge is 0.224 e. The van der Waals surface area contributed by atoms with Gasteiger partial charge in [0.2, 0.25) is 11.2 Å². The molecule has 0 spiro atoms. The van der Waals surface area contributed by atoms with Crippen LogP contribution < -0.4 is 10.6 Å². The van der Waals surface area contributed by atoms with Crippen molar-refractivity contribution in [3.8, 4) is 0 Å². The highest BCUT2D eigenvalue weighted by atomic mass is 35.5. The number of aliphatic hydroxyl groups excluding tert-OH is 3. The number of nitrogens with zero attached hydrogens (tertiary/aromatic N) is 5. The first-order valence-corrected chi connectivity index (χ1v) is 8.97. The van der Waals surface area contributed by atoms with E-state index in [9.17, 15) is 15.3 Å². The zero-order chi connectivity index (χ0) is 18.4. The molecule has 26 heavy (non-hydrogen) atoms. The molecule has 2 aromatic heterocycles. The first-order valence-electron chi connectivity index (χ1n) is 8.59. The lowest BCUT2D eigenvalue weighted by atomic mass is 10.1.